The zero-order valence-electron chi connectivity index (χ0n) is 15.6. The van der Waals surface area contributed by atoms with Gasteiger partial charge in [-0.15, -0.1) is 0 Å². The van der Waals surface area contributed by atoms with Gasteiger partial charge in [0.05, 0.1) is 12.4 Å². The van der Waals surface area contributed by atoms with Gasteiger partial charge >= 0.3 is 0 Å². The molecule has 0 atom stereocenters. The maximum Gasteiger partial charge on any atom is 0.278 e. The highest BCUT2D eigenvalue weighted by molar-refractivity contribution is 6.05. The van der Waals surface area contributed by atoms with Crippen molar-refractivity contribution in [2.75, 3.05) is 16.8 Å². The molecule has 1 aliphatic heterocycles. The van der Waals surface area contributed by atoms with Crippen molar-refractivity contribution < 1.29 is 4.79 Å². The van der Waals surface area contributed by atoms with Crippen LogP contribution in [0.1, 0.15) is 34.1 Å². The second kappa shape index (κ2) is 7.19. The lowest BCUT2D eigenvalue weighted by atomic mass is 10.1. The summed E-state index contributed by atoms with van der Waals surface area (Å²) in [5, 5.41) is 3.34. The van der Waals surface area contributed by atoms with Gasteiger partial charge in [-0.1, -0.05) is 43.3 Å². The molecular formula is C22H22N4O. The third kappa shape index (κ3) is 3.28. The van der Waals surface area contributed by atoms with E-state index in [0.29, 0.717) is 18.1 Å². The average Bonchev–Trinajstić information content (AvgIpc) is 3.13. The molecule has 0 aliphatic carbocycles. The number of aromatic nitrogens is 2. The summed E-state index contributed by atoms with van der Waals surface area (Å²) >= 11 is 0. The molecule has 1 amide bonds. The Morgan fingerprint density at radius 3 is 2.74 bits per heavy atom. The van der Waals surface area contributed by atoms with Crippen LogP contribution in [0, 0.1) is 6.92 Å². The molecule has 27 heavy (non-hydrogen) atoms. The predicted octanol–water partition coefficient (Wildman–Crippen LogP) is 4.29. The van der Waals surface area contributed by atoms with Gasteiger partial charge in [-0.2, -0.15) is 0 Å². The van der Waals surface area contributed by atoms with E-state index in [9.17, 15) is 4.79 Å². The van der Waals surface area contributed by atoms with Crippen LogP contribution in [0.15, 0.2) is 54.9 Å². The zero-order chi connectivity index (χ0) is 18.8. The molecule has 0 spiro atoms. The summed E-state index contributed by atoms with van der Waals surface area (Å²) < 4.78 is 0. The largest absolute Gasteiger partial charge is 0.339 e. The van der Waals surface area contributed by atoms with Gasteiger partial charge in [0.2, 0.25) is 0 Å². The number of aryl methyl sites for hydroxylation is 2. The standard InChI is InChI=1S/C22H22N4O/c1-3-16-9-6-7-15(2)21(16)25-20-14-23-18(13-24-20)22(27)26-12-11-17-8-4-5-10-19(17)26/h4-10,13-14H,3,11-12H2,1-2H3,(H,24,25). The van der Waals surface area contributed by atoms with Crippen molar-refractivity contribution >= 4 is 23.1 Å². The van der Waals surface area contributed by atoms with Crippen molar-refractivity contribution in [3.8, 4) is 0 Å². The van der Waals surface area contributed by atoms with Gasteiger partial charge in [0.25, 0.3) is 5.91 Å². The Morgan fingerprint density at radius 1 is 1.11 bits per heavy atom. The number of fused-ring (bicyclic) bond motifs is 1. The fourth-order valence-electron chi connectivity index (χ4n) is 3.52. The van der Waals surface area contributed by atoms with Crippen LogP contribution >= 0.6 is 0 Å². The van der Waals surface area contributed by atoms with Crippen molar-refractivity contribution in [3.05, 3.63) is 77.2 Å². The van der Waals surface area contributed by atoms with Crippen molar-refractivity contribution in [1.29, 1.82) is 0 Å². The highest BCUT2D eigenvalue weighted by atomic mass is 16.2. The van der Waals surface area contributed by atoms with Crippen molar-refractivity contribution in [2.24, 2.45) is 0 Å². The molecule has 0 fully saturated rings. The van der Waals surface area contributed by atoms with E-state index in [1.807, 2.05) is 18.2 Å². The van der Waals surface area contributed by atoms with E-state index in [2.05, 4.69) is 53.4 Å². The Hall–Kier alpha value is -3.21. The molecule has 5 nitrogen and oxygen atoms in total. The van der Waals surface area contributed by atoms with E-state index in [4.69, 9.17) is 0 Å². The van der Waals surface area contributed by atoms with Crippen LogP contribution in [0.3, 0.4) is 0 Å². The number of carbonyl (C=O) groups excluding carboxylic acids is 1. The summed E-state index contributed by atoms with van der Waals surface area (Å²) in [4.78, 5) is 23.4. The Labute approximate surface area is 159 Å². The number of benzene rings is 2. The summed E-state index contributed by atoms with van der Waals surface area (Å²) in [6, 6.07) is 14.2. The highest BCUT2D eigenvalue weighted by Crippen LogP contribution is 2.29. The molecule has 3 aromatic rings. The lowest BCUT2D eigenvalue weighted by Gasteiger charge is -2.17. The first kappa shape index (κ1) is 17.2. The monoisotopic (exact) mass is 358 g/mol. The normalized spacial score (nSPS) is 12.7. The number of anilines is 3. The van der Waals surface area contributed by atoms with Crippen LogP contribution in [0.25, 0.3) is 0 Å². The third-order valence-corrected chi connectivity index (χ3v) is 5.00. The van der Waals surface area contributed by atoms with Crippen LogP contribution in [-0.2, 0) is 12.8 Å². The molecule has 0 bridgehead atoms. The first-order valence-electron chi connectivity index (χ1n) is 9.24. The minimum atomic E-state index is -0.107. The summed E-state index contributed by atoms with van der Waals surface area (Å²) in [6.45, 7) is 4.88. The predicted molar refractivity (Wildman–Crippen MR) is 108 cm³/mol. The fraction of sp³-hybridized carbons (Fsp3) is 0.227. The van der Waals surface area contributed by atoms with Crippen LogP contribution in [-0.4, -0.2) is 22.4 Å². The van der Waals surface area contributed by atoms with E-state index in [0.717, 1.165) is 29.8 Å². The Balaban J connectivity index is 1.54. The van der Waals surface area contributed by atoms with Gasteiger partial charge in [-0.3, -0.25) is 4.79 Å². The summed E-state index contributed by atoms with van der Waals surface area (Å²) in [5.74, 6) is 0.529. The van der Waals surface area contributed by atoms with E-state index in [1.165, 1.54) is 11.1 Å². The van der Waals surface area contributed by atoms with E-state index in [1.54, 1.807) is 17.3 Å². The maximum absolute atomic E-state index is 12.8. The Bertz CT molecular complexity index is 982. The maximum atomic E-state index is 12.8. The van der Waals surface area contributed by atoms with Gasteiger partial charge in [-0.25, -0.2) is 9.97 Å². The summed E-state index contributed by atoms with van der Waals surface area (Å²) in [7, 11) is 0. The topological polar surface area (TPSA) is 58.1 Å². The number of nitrogens with zero attached hydrogens (tertiary/aromatic N) is 3. The number of hydrogen-bond acceptors (Lipinski definition) is 4. The minimum Gasteiger partial charge on any atom is -0.339 e. The quantitative estimate of drug-likeness (QED) is 0.756. The van der Waals surface area contributed by atoms with Gasteiger partial charge in [0, 0.05) is 17.9 Å². The molecule has 5 heteroatoms. The second-order valence-corrected chi connectivity index (χ2v) is 6.71. The van der Waals surface area contributed by atoms with Crippen LogP contribution in [0.5, 0.6) is 0 Å². The molecule has 2 aromatic carbocycles. The molecule has 4 rings (SSSR count). The van der Waals surface area contributed by atoms with Gasteiger partial charge in [0.15, 0.2) is 0 Å². The number of amides is 1. The lowest BCUT2D eigenvalue weighted by molar-refractivity contribution is 0.0984. The molecule has 1 aliphatic rings. The molecule has 0 unspecified atom stereocenters. The van der Waals surface area contributed by atoms with Crippen LogP contribution < -0.4 is 10.2 Å². The molecule has 0 saturated heterocycles. The Kier molecular flexibility index (Phi) is 4.59. The molecule has 1 aromatic heterocycles. The second-order valence-electron chi connectivity index (χ2n) is 6.71. The van der Waals surface area contributed by atoms with Crippen LogP contribution in [0.4, 0.5) is 17.2 Å². The Morgan fingerprint density at radius 2 is 1.96 bits per heavy atom. The minimum absolute atomic E-state index is 0.107. The zero-order valence-corrected chi connectivity index (χ0v) is 15.6. The summed E-state index contributed by atoms with van der Waals surface area (Å²) in [5.41, 5.74) is 5.97. The first-order valence-corrected chi connectivity index (χ1v) is 9.24. The first-order chi connectivity index (χ1) is 13.2. The van der Waals surface area contributed by atoms with Crippen molar-refractivity contribution in [2.45, 2.75) is 26.7 Å². The molecule has 0 saturated carbocycles. The smallest absolute Gasteiger partial charge is 0.278 e. The van der Waals surface area contributed by atoms with Gasteiger partial charge < -0.3 is 10.2 Å². The SMILES string of the molecule is CCc1cccc(C)c1Nc1cnc(C(=O)N2CCc3ccccc32)cn1. The fourth-order valence-corrected chi connectivity index (χ4v) is 3.52. The number of rotatable bonds is 4. The number of para-hydroxylation sites is 2. The van der Waals surface area contributed by atoms with Crippen LogP contribution in [0.2, 0.25) is 0 Å². The number of carbonyl (C=O) groups is 1. The van der Waals surface area contributed by atoms with Gasteiger partial charge in [-0.05, 0) is 42.5 Å². The molecule has 0 radical (unpaired) electrons. The molecule has 1 N–H and O–H groups in total. The molecule has 2 heterocycles. The third-order valence-electron chi connectivity index (χ3n) is 5.00. The highest BCUT2D eigenvalue weighted by Gasteiger charge is 2.26. The molecule has 136 valence electrons. The van der Waals surface area contributed by atoms with E-state index < -0.39 is 0 Å². The lowest BCUT2D eigenvalue weighted by Crippen LogP contribution is -2.29. The van der Waals surface area contributed by atoms with E-state index >= 15 is 0 Å². The summed E-state index contributed by atoms with van der Waals surface area (Å²) in [6.07, 6.45) is 4.99. The number of hydrogen-bond donors (Lipinski definition) is 1. The molecular weight excluding hydrogens is 336 g/mol. The van der Waals surface area contributed by atoms with Crippen molar-refractivity contribution in [3.63, 3.8) is 0 Å². The average molecular weight is 358 g/mol. The van der Waals surface area contributed by atoms with Gasteiger partial charge in [0.1, 0.15) is 11.5 Å². The number of nitrogens with one attached hydrogen (secondary N) is 1. The van der Waals surface area contributed by atoms with Crippen molar-refractivity contribution in [1.82, 2.24) is 9.97 Å². The van der Waals surface area contributed by atoms with E-state index in [-0.39, 0.29) is 5.91 Å².